The van der Waals surface area contributed by atoms with Crippen molar-refractivity contribution in [2.24, 2.45) is 0 Å². The topological polar surface area (TPSA) is 46.5 Å². The molecule has 0 saturated heterocycles. The molecule has 14 heavy (non-hydrogen) atoms. The van der Waals surface area contributed by atoms with Gasteiger partial charge in [-0.3, -0.25) is 0 Å². The Hall–Kier alpha value is -1.97. The lowest BCUT2D eigenvalue weighted by Crippen LogP contribution is -1.92. The van der Waals surface area contributed by atoms with Crippen molar-refractivity contribution in [3.8, 4) is 23.7 Å². The molecule has 3 nitrogen and oxygen atoms in total. The van der Waals surface area contributed by atoms with E-state index in [9.17, 15) is 4.79 Å². The van der Waals surface area contributed by atoms with Gasteiger partial charge in [0.25, 0.3) is 0 Å². The molecule has 0 aliphatic heterocycles. The van der Waals surface area contributed by atoms with Gasteiger partial charge in [-0.25, -0.2) is 4.79 Å². The van der Waals surface area contributed by atoms with Crippen molar-refractivity contribution in [3.63, 3.8) is 0 Å². The van der Waals surface area contributed by atoms with Gasteiger partial charge in [0.2, 0.25) is 0 Å². The van der Waals surface area contributed by atoms with Gasteiger partial charge in [-0.15, -0.1) is 0 Å². The Morgan fingerprint density at radius 2 is 2.00 bits per heavy atom. The molecule has 0 spiro atoms. The minimum atomic E-state index is -0.451. The van der Waals surface area contributed by atoms with Gasteiger partial charge >= 0.3 is 5.97 Å². The third kappa shape index (κ3) is 8.13. The molecule has 1 N–H and O–H groups in total. The second-order valence-electron chi connectivity index (χ2n) is 1.98. The van der Waals surface area contributed by atoms with Crippen LogP contribution in [0.3, 0.4) is 0 Å². The van der Waals surface area contributed by atoms with Crippen LogP contribution in [0.2, 0.25) is 0 Å². The molecule has 0 unspecified atom stereocenters. The van der Waals surface area contributed by atoms with Crippen LogP contribution in [-0.4, -0.2) is 24.8 Å². The van der Waals surface area contributed by atoms with Crippen molar-refractivity contribution < 1.29 is 14.6 Å². The predicted molar refractivity (Wildman–Crippen MR) is 52.9 cm³/mol. The van der Waals surface area contributed by atoms with Crippen LogP contribution >= 0.6 is 0 Å². The van der Waals surface area contributed by atoms with E-state index in [-0.39, 0.29) is 6.61 Å². The maximum atomic E-state index is 10.5. The van der Waals surface area contributed by atoms with Gasteiger partial charge in [0, 0.05) is 6.08 Å². The molecule has 72 valence electrons. The van der Waals surface area contributed by atoms with Gasteiger partial charge < -0.3 is 9.84 Å². The number of allylic oxidation sites excluding steroid dienone is 2. The fourth-order valence-corrected chi connectivity index (χ4v) is 0.445. The summed E-state index contributed by atoms with van der Waals surface area (Å²) in [5, 5.41) is 8.34. The lowest BCUT2D eigenvalue weighted by molar-refractivity contribution is -0.134. The number of carbonyl (C=O) groups excluding carboxylic acids is 1. The number of hydrogen-bond acceptors (Lipinski definition) is 3. The Morgan fingerprint density at radius 3 is 2.57 bits per heavy atom. The molecule has 0 aliphatic rings. The number of rotatable bonds is 2. The third-order valence-electron chi connectivity index (χ3n) is 1.02. The van der Waals surface area contributed by atoms with Crippen LogP contribution in [0, 0.1) is 23.7 Å². The van der Waals surface area contributed by atoms with Gasteiger partial charge in [0.15, 0.2) is 0 Å². The van der Waals surface area contributed by atoms with Crippen molar-refractivity contribution in [2.45, 2.75) is 0 Å². The van der Waals surface area contributed by atoms with Crippen molar-refractivity contribution in [2.75, 3.05) is 13.7 Å². The molecule has 0 aromatic heterocycles. The molecular formula is C11H10O3. The van der Waals surface area contributed by atoms with Crippen molar-refractivity contribution in [3.05, 3.63) is 24.3 Å². The molecule has 0 aliphatic carbocycles. The summed E-state index contributed by atoms with van der Waals surface area (Å²) in [6, 6.07) is 0. The smallest absolute Gasteiger partial charge is 0.331 e. The molecule has 0 amide bonds. The average molecular weight is 190 g/mol. The van der Waals surface area contributed by atoms with Crippen molar-refractivity contribution in [1.29, 1.82) is 0 Å². The Labute approximate surface area is 83.1 Å². The summed E-state index contributed by atoms with van der Waals surface area (Å²) in [6.45, 7) is -0.0373. The van der Waals surface area contributed by atoms with Gasteiger partial charge in [-0.1, -0.05) is 17.9 Å². The highest BCUT2D eigenvalue weighted by Crippen LogP contribution is 1.75. The summed E-state index contributed by atoms with van der Waals surface area (Å²) >= 11 is 0. The first-order chi connectivity index (χ1) is 6.81. The zero-order valence-corrected chi connectivity index (χ0v) is 7.78. The van der Waals surface area contributed by atoms with E-state index in [4.69, 9.17) is 5.11 Å². The Morgan fingerprint density at radius 1 is 1.36 bits per heavy atom. The molecule has 0 aromatic carbocycles. The number of methoxy groups -OCH3 is 1. The molecule has 0 atom stereocenters. The van der Waals surface area contributed by atoms with Crippen LogP contribution in [-0.2, 0) is 9.53 Å². The summed E-state index contributed by atoms with van der Waals surface area (Å²) in [5.74, 6) is 9.63. The largest absolute Gasteiger partial charge is 0.466 e. The van der Waals surface area contributed by atoms with Crippen LogP contribution in [0.15, 0.2) is 24.3 Å². The van der Waals surface area contributed by atoms with E-state index in [1.165, 1.54) is 31.4 Å². The molecule has 0 rings (SSSR count). The molecule has 0 aromatic rings. The molecule has 0 bridgehead atoms. The van der Waals surface area contributed by atoms with Crippen molar-refractivity contribution >= 4 is 5.97 Å². The summed E-state index contributed by atoms with van der Waals surface area (Å²) < 4.78 is 4.34. The first kappa shape index (κ1) is 12.0. The number of hydrogen-bond donors (Lipinski definition) is 1. The SMILES string of the molecule is COC(=O)/C=C\C#CC#C/C=C\CO. The van der Waals surface area contributed by atoms with Crippen LogP contribution in [0.4, 0.5) is 0 Å². The highest BCUT2D eigenvalue weighted by Gasteiger charge is 1.85. The van der Waals surface area contributed by atoms with E-state index >= 15 is 0 Å². The zero-order chi connectivity index (χ0) is 10.6. The molecular weight excluding hydrogens is 180 g/mol. The Kier molecular flexibility index (Phi) is 7.84. The molecule has 0 heterocycles. The van der Waals surface area contributed by atoms with Gasteiger partial charge in [0.1, 0.15) is 0 Å². The van der Waals surface area contributed by atoms with Crippen LogP contribution < -0.4 is 0 Å². The van der Waals surface area contributed by atoms with Gasteiger partial charge in [0.05, 0.1) is 13.7 Å². The quantitative estimate of drug-likeness (QED) is 0.386. The monoisotopic (exact) mass is 190 g/mol. The van der Waals surface area contributed by atoms with Gasteiger partial charge in [-0.2, -0.15) is 0 Å². The lowest BCUT2D eigenvalue weighted by Gasteiger charge is -1.84. The average Bonchev–Trinajstić information content (AvgIpc) is 2.21. The number of esters is 1. The maximum Gasteiger partial charge on any atom is 0.331 e. The fraction of sp³-hybridized carbons (Fsp3) is 0.182. The second kappa shape index (κ2) is 9.12. The highest BCUT2D eigenvalue weighted by atomic mass is 16.5. The summed E-state index contributed by atoms with van der Waals surface area (Å²) in [7, 11) is 1.29. The fourth-order valence-electron chi connectivity index (χ4n) is 0.445. The van der Waals surface area contributed by atoms with Crippen LogP contribution in [0.1, 0.15) is 0 Å². The predicted octanol–water partition coefficient (Wildman–Crippen LogP) is 0.271. The third-order valence-corrected chi connectivity index (χ3v) is 1.02. The van der Waals surface area contributed by atoms with Crippen LogP contribution in [0.5, 0.6) is 0 Å². The van der Waals surface area contributed by atoms with Crippen molar-refractivity contribution in [1.82, 2.24) is 0 Å². The summed E-state index contributed by atoms with van der Waals surface area (Å²) in [5.41, 5.74) is 0. The summed E-state index contributed by atoms with van der Waals surface area (Å²) in [4.78, 5) is 10.5. The normalized spacial score (nSPS) is 9.00. The lowest BCUT2D eigenvalue weighted by atomic mass is 10.4. The van der Waals surface area contributed by atoms with E-state index in [1.807, 2.05) is 0 Å². The molecule has 0 saturated carbocycles. The highest BCUT2D eigenvalue weighted by molar-refractivity contribution is 5.82. The number of aliphatic hydroxyl groups is 1. The first-order valence-electron chi connectivity index (χ1n) is 3.82. The number of carbonyl (C=O) groups is 1. The Balaban J connectivity index is 3.93. The second-order valence-corrected chi connectivity index (χ2v) is 1.98. The van der Waals surface area contributed by atoms with E-state index in [2.05, 4.69) is 28.4 Å². The molecule has 0 fully saturated rings. The number of ether oxygens (including phenoxy) is 1. The molecule has 3 heteroatoms. The summed E-state index contributed by atoms with van der Waals surface area (Å²) in [6.07, 6.45) is 5.56. The van der Waals surface area contributed by atoms with E-state index in [1.54, 1.807) is 0 Å². The van der Waals surface area contributed by atoms with E-state index < -0.39 is 5.97 Å². The zero-order valence-electron chi connectivity index (χ0n) is 7.78. The first-order valence-corrected chi connectivity index (χ1v) is 3.82. The minimum Gasteiger partial charge on any atom is -0.466 e. The minimum absolute atomic E-state index is 0.0373. The van der Waals surface area contributed by atoms with E-state index in [0.29, 0.717) is 0 Å². The Bertz CT molecular complexity index is 342. The van der Waals surface area contributed by atoms with Crippen LogP contribution in [0.25, 0.3) is 0 Å². The maximum absolute atomic E-state index is 10.5. The molecule has 0 radical (unpaired) electrons. The number of aliphatic hydroxyl groups excluding tert-OH is 1. The van der Waals surface area contributed by atoms with Gasteiger partial charge in [-0.05, 0) is 24.0 Å². The van der Waals surface area contributed by atoms with E-state index in [0.717, 1.165) is 0 Å². The standard InChI is InChI=1S/C11H10O3/c1-14-11(13)9-7-5-3-2-4-6-8-10-12/h6-9,12H,10H2,1H3/b8-6-,9-7-.